The molecule has 3 unspecified atom stereocenters. The molecule has 0 amide bonds. The van der Waals surface area contributed by atoms with Crippen LogP contribution in [0.15, 0.2) is 12.4 Å². The highest BCUT2D eigenvalue weighted by atomic mass is 16.5. The number of aromatic nitrogens is 2. The van der Waals surface area contributed by atoms with Gasteiger partial charge in [0, 0.05) is 37.6 Å². The van der Waals surface area contributed by atoms with E-state index in [0.717, 1.165) is 32.6 Å². The van der Waals surface area contributed by atoms with E-state index in [9.17, 15) is 0 Å². The summed E-state index contributed by atoms with van der Waals surface area (Å²) in [5.74, 6) is 1.24. The standard InChI is InChI=1S/C14H25N3O/c1-4-6-17-9-12(8-16-17)14(15-3)13-5-7-18-10-11(13)2/h8-9,11,13-15H,4-7,10H2,1-3H3. The SMILES string of the molecule is CCCn1cc(C(NC)C2CCOCC2C)cn1. The lowest BCUT2D eigenvalue weighted by Crippen LogP contribution is -2.35. The van der Waals surface area contributed by atoms with Gasteiger partial charge < -0.3 is 10.1 Å². The van der Waals surface area contributed by atoms with Crippen LogP contribution in [0.25, 0.3) is 0 Å². The zero-order valence-corrected chi connectivity index (χ0v) is 11.7. The summed E-state index contributed by atoms with van der Waals surface area (Å²) >= 11 is 0. The minimum absolute atomic E-state index is 0.398. The number of hydrogen-bond acceptors (Lipinski definition) is 3. The maximum atomic E-state index is 5.54. The minimum atomic E-state index is 0.398. The van der Waals surface area contributed by atoms with Gasteiger partial charge in [-0.25, -0.2) is 0 Å². The highest BCUT2D eigenvalue weighted by Crippen LogP contribution is 2.33. The van der Waals surface area contributed by atoms with E-state index >= 15 is 0 Å². The smallest absolute Gasteiger partial charge is 0.0537 e. The Balaban J connectivity index is 2.10. The number of rotatable bonds is 5. The van der Waals surface area contributed by atoms with E-state index in [1.807, 2.05) is 17.9 Å². The molecule has 1 fully saturated rings. The molecule has 1 aliphatic heterocycles. The summed E-state index contributed by atoms with van der Waals surface area (Å²) in [4.78, 5) is 0. The number of nitrogens with one attached hydrogen (secondary N) is 1. The quantitative estimate of drug-likeness (QED) is 0.872. The monoisotopic (exact) mass is 251 g/mol. The van der Waals surface area contributed by atoms with Crippen molar-refractivity contribution in [1.82, 2.24) is 15.1 Å². The van der Waals surface area contributed by atoms with Crippen molar-refractivity contribution in [3.8, 4) is 0 Å². The Morgan fingerprint density at radius 1 is 1.61 bits per heavy atom. The summed E-state index contributed by atoms with van der Waals surface area (Å²) < 4.78 is 7.58. The van der Waals surface area contributed by atoms with Crippen LogP contribution in [-0.4, -0.2) is 30.0 Å². The molecule has 0 radical (unpaired) electrons. The molecule has 4 heteroatoms. The second-order valence-electron chi connectivity index (χ2n) is 5.31. The number of aryl methyl sites for hydroxylation is 1. The summed E-state index contributed by atoms with van der Waals surface area (Å²) in [6.45, 7) is 7.23. The number of ether oxygens (including phenoxy) is 1. The van der Waals surface area contributed by atoms with Gasteiger partial charge in [-0.1, -0.05) is 13.8 Å². The maximum Gasteiger partial charge on any atom is 0.0537 e. The maximum absolute atomic E-state index is 5.54. The molecular weight excluding hydrogens is 226 g/mol. The fourth-order valence-corrected chi connectivity index (χ4v) is 2.91. The first-order chi connectivity index (χ1) is 8.76. The molecular formula is C14H25N3O. The normalized spacial score (nSPS) is 26.2. The topological polar surface area (TPSA) is 39.1 Å². The van der Waals surface area contributed by atoms with Crippen molar-refractivity contribution in [2.75, 3.05) is 20.3 Å². The van der Waals surface area contributed by atoms with Crippen LogP contribution in [0, 0.1) is 11.8 Å². The van der Waals surface area contributed by atoms with Crippen LogP contribution in [0.4, 0.5) is 0 Å². The Kier molecular flexibility index (Phi) is 4.78. The van der Waals surface area contributed by atoms with Gasteiger partial charge in [-0.3, -0.25) is 4.68 Å². The summed E-state index contributed by atoms with van der Waals surface area (Å²) in [6, 6.07) is 0.398. The van der Waals surface area contributed by atoms with Crippen LogP contribution >= 0.6 is 0 Å². The first-order valence-electron chi connectivity index (χ1n) is 7.03. The fraction of sp³-hybridized carbons (Fsp3) is 0.786. The van der Waals surface area contributed by atoms with Crippen LogP contribution < -0.4 is 5.32 Å². The molecule has 102 valence electrons. The van der Waals surface area contributed by atoms with Crippen LogP contribution in [0.3, 0.4) is 0 Å². The lowest BCUT2D eigenvalue weighted by molar-refractivity contribution is 0.0115. The van der Waals surface area contributed by atoms with Crippen molar-refractivity contribution in [3.05, 3.63) is 18.0 Å². The molecule has 0 spiro atoms. The van der Waals surface area contributed by atoms with Crippen LogP contribution in [-0.2, 0) is 11.3 Å². The first-order valence-corrected chi connectivity index (χ1v) is 7.03. The predicted octanol–water partition coefficient (Wildman–Crippen LogP) is 2.23. The minimum Gasteiger partial charge on any atom is -0.381 e. The molecule has 18 heavy (non-hydrogen) atoms. The second-order valence-corrected chi connectivity index (χ2v) is 5.31. The Labute approximate surface area is 110 Å². The molecule has 1 aromatic rings. The van der Waals surface area contributed by atoms with Gasteiger partial charge in [0.05, 0.1) is 6.20 Å². The van der Waals surface area contributed by atoms with Gasteiger partial charge in [0.2, 0.25) is 0 Å². The van der Waals surface area contributed by atoms with E-state index in [2.05, 4.69) is 30.5 Å². The molecule has 1 aromatic heterocycles. The summed E-state index contributed by atoms with van der Waals surface area (Å²) in [5, 5.41) is 7.91. The Morgan fingerprint density at radius 3 is 3.11 bits per heavy atom. The van der Waals surface area contributed by atoms with E-state index in [0.29, 0.717) is 17.9 Å². The van der Waals surface area contributed by atoms with E-state index in [-0.39, 0.29) is 0 Å². The van der Waals surface area contributed by atoms with E-state index in [1.165, 1.54) is 5.56 Å². The van der Waals surface area contributed by atoms with Gasteiger partial charge in [0.25, 0.3) is 0 Å². The van der Waals surface area contributed by atoms with Crippen LogP contribution in [0.1, 0.15) is 38.3 Å². The van der Waals surface area contributed by atoms with E-state index in [1.54, 1.807) is 0 Å². The van der Waals surface area contributed by atoms with E-state index in [4.69, 9.17) is 4.74 Å². The zero-order valence-electron chi connectivity index (χ0n) is 11.7. The largest absolute Gasteiger partial charge is 0.381 e. The van der Waals surface area contributed by atoms with Gasteiger partial charge in [-0.05, 0) is 31.7 Å². The van der Waals surface area contributed by atoms with Crippen molar-refractivity contribution in [2.45, 2.75) is 39.3 Å². The molecule has 1 N–H and O–H groups in total. The van der Waals surface area contributed by atoms with Crippen LogP contribution in [0.5, 0.6) is 0 Å². The summed E-state index contributed by atoms with van der Waals surface area (Å²) in [5.41, 5.74) is 1.31. The average molecular weight is 251 g/mol. The summed E-state index contributed by atoms with van der Waals surface area (Å²) in [6.07, 6.45) is 6.45. The molecule has 0 saturated carbocycles. The van der Waals surface area contributed by atoms with Crippen LogP contribution in [0.2, 0.25) is 0 Å². The van der Waals surface area contributed by atoms with Crippen molar-refractivity contribution in [1.29, 1.82) is 0 Å². The first kappa shape index (κ1) is 13.6. The van der Waals surface area contributed by atoms with Crippen molar-refractivity contribution in [3.63, 3.8) is 0 Å². The van der Waals surface area contributed by atoms with Gasteiger partial charge >= 0.3 is 0 Å². The van der Waals surface area contributed by atoms with Crippen molar-refractivity contribution in [2.24, 2.45) is 11.8 Å². The van der Waals surface area contributed by atoms with Gasteiger partial charge in [-0.2, -0.15) is 5.10 Å². The molecule has 1 aliphatic rings. The highest BCUT2D eigenvalue weighted by Gasteiger charge is 2.30. The molecule has 3 atom stereocenters. The fourth-order valence-electron chi connectivity index (χ4n) is 2.91. The van der Waals surface area contributed by atoms with Crippen molar-refractivity contribution < 1.29 is 4.74 Å². The van der Waals surface area contributed by atoms with Gasteiger partial charge in [0.15, 0.2) is 0 Å². The second kappa shape index (κ2) is 6.34. The third-order valence-electron chi connectivity index (χ3n) is 3.91. The molecule has 2 rings (SSSR count). The highest BCUT2D eigenvalue weighted by molar-refractivity contribution is 5.12. The molecule has 0 aromatic carbocycles. The zero-order chi connectivity index (χ0) is 13.0. The average Bonchev–Trinajstić information content (AvgIpc) is 2.82. The Bertz CT molecular complexity index is 364. The number of hydrogen-bond donors (Lipinski definition) is 1. The lowest BCUT2D eigenvalue weighted by Gasteiger charge is -2.34. The Hall–Kier alpha value is -0.870. The molecule has 2 heterocycles. The van der Waals surface area contributed by atoms with E-state index < -0.39 is 0 Å². The molecule has 1 saturated heterocycles. The van der Waals surface area contributed by atoms with Gasteiger partial charge in [-0.15, -0.1) is 0 Å². The molecule has 0 aliphatic carbocycles. The predicted molar refractivity (Wildman–Crippen MR) is 72.4 cm³/mol. The third kappa shape index (κ3) is 2.93. The third-order valence-corrected chi connectivity index (χ3v) is 3.91. The molecule has 4 nitrogen and oxygen atoms in total. The summed E-state index contributed by atoms with van der Waals surface area (Å²) in [7, 11) is 2.05. The Morgan fingerprint density at radius 2 is 2.44 bits per heavy atom. The van der Waals surface area contributed by atoms with Crippen molar-refractivity contribution >= 4 is 0 Å². The lowest BCUT2D eigenvalue weighted by atomic mass is 9.81. The number of nitrogens with zero attached hydrogens (tertiary/aromatic N) is 2. The van der Waals surface area contributed by atoms with Gasteiger partial charge in [0.1, 0.15) is 0 Å². The molecule has 0 bridgehead atoms.